The first kappa shape index (κ1) is 55.6. The van der Waals surface area contributed by atoms with Gasteiger partial charge in [-0.25, -0.2) is 0 Å². The van der Waals surface area contributed by atoms with Gasteiger partial charge < -0.3 is 0 Å². The quantitative estimate of drug-likeness (QED) is 0.242. The van der Waals surface area contributed by atoms with Gasteiger partial charge in [-0.15, -0.1) is 0 Å². The van der Waals surface area contributed by atoms with Gasteiger partial charge in [0.2, 0.25) is 0 Å². The van der Waals surface area contributed by atoms with Gasteiger partial charge in [0.15, 0.2) is 0 Å². The minimum Gasteiger partial charge on any atom is -0.0683 e. The zero-order valence-electron chi connectivity index (χ0n) is 34.9. The van der Waals surface area contributed by atoms with Crippen molar-refractivity contribution < 1.29 is 0 Å². The predicted octanol–water partition coefficient (Wildman–Crippen LogP) is 17.2. The van der Waals surface area contributed by atoms with Crippen molar-refractivity contribution in [2.45, 2.75) is 196 Å². The molecular formula is C45H88. The molecule has 0 nitrogen and oxygen atoms in total. The van der Waals surface area contributed by atoms with Crippen LogP contribution in [-0.4, -0.2) is 0 Å². The summed E-state index contributed by atoms with van der Waals surface area (Å²) < 4.78 is 0. The molecule has 0 saturated heterocycles. The van der Waals surface area contributed by atoms with Crippen molar-refractivity contribution in [1.29, 1.82) is 0 Å². The van der Waals surface area contributed by atoms with Crippen LogP contribution in [0.1, 0.15) is 204 Å². The molecule has 0 saturated carbocycles. The average Bonchev–Trinajstić information content (AvgIpc) is 3.04. The molecule has 45 heavy (non-hydrogen) atoms. The first-order chi connectivity index (χ1) is 21.4. The SMILES string of the molecule is C/C(=C\c1ccccc1C)c1cccc(C)c1.CC.CC.CC(C)C.CCCC.CCCC.CCCC.CCCC(C)CCC. The Labute approximate surface area is 289 Å². The van der Waals surface area contributed by atoms with Crippen LogP contribution in [0.3, 0.4) is 0 Å². The van der Waals surface area contributed by atoms with Gasteiger partial charge in [0.05, 0.1) is 0 Å². The van der Waals surface area contributed by atoms with Crippen LogP contribution in [0.2, 0.25) is 0 Å². The molecule has 0 heteroatoms. The highest BCUT2D eigenvalue weighted by molar-refractivity contribution is 5.81. The van der Waals surface area contributed by atoms with Crippen LogP contribution in [0.25, 0.3) is 11.6 Å². The molecule has 2 aromatic carbocycles. The molecule has 0 aliphatic heterocycles. The fourth-order valence-corrected chi connectivity index (χ4v) is 3.09. The van der Waals surface area contributed by atoms with Gasteiger partial charge in [0.1, 0.15) is 0 Å². The lowest BCUT2D eigenvalue weighted by Crippen LogP contribution is -1.91. The molecule has 0 aromatic heterocycles. The van der Waals surface area contributed by atoms with E-state index in [1.54, 1.807) is 0 Å². The van der Waals surface area contributed by atoms with Crippen molar-refractivity contribution in [3.8, 4) is 0 Å². The van der Waals surface area contributed by atoms with E-state index in [1.807, 2.05) is 27.7 Å². The van der Waals surface area contributed by atoms with Crippen molar-refractivity contribution in [2.24, 2.45) is 11.8 Å². The van der Waals surface area contributed by atoms with Crippen LogP contribution < -0.4 is 0 Å². The summed E-state index contributed by atoms with van der Waals surface area (Å²) in [7, 11) is 0. The van der Waals surface area contributed by atoms with Crippen molar-refractivity contribution >= 4 is 11.6 Å². The standard InChI is InChI=1S/C17H18.C8H18.4C4H10.2C2H6/c1-13-7-6-10-16(11-13)15(3)12-17-9-5-4-8-14(17)2;1-4-6-8(3)7-5-2;1-4(2)3;3*1-3-4-2;2*1-2/h4-12H,1-3H3;8H,4-7H2,1-3H3;4H,1-3H3;3*3-4H2,1-2H3;2*1-2H3/b15-12+;;;;;;;. The largest absolute Gasteiger partial charge is 0.0683 e. The highest BCUT2D eigenvalue weighted by Crippen LogP contribution is 2.20. The lowest BCUT2D eigenvalue weighted by atomic mass is 10.0. The summed E-state index contributed by atoms with van der Waals surface area (Å²) in [5, 5.41) is 0. The predicted molar refractivity (Wildman–Crippen MR) is 220 cm³/mol. The molecule has 0 spiro atoms. The maximum atomic E-state index is 2.34. The highest BCUT2D eigenvalue weighted by atomic mass is 14.0. The molecule has 0 fully saturated rings. The summed E-state index contributed by atoms with van der Waals surface area (Å²) in [6.07, 6.45) is 15.7. The second-order valence-corrected chi connectivity index (χ2v) is 12.0. The zero-order chi connectivity index (χ0) is 36.5. The molecule has 0 aliphatic carbocycles. The lowest BCUT2D eigenvalue weighted by Gasteiger charge is -2.05. The smallest absolute Gasteiger partial charge is 0.0225 e. The van der Waals surface area contributed by atoms with E-state index in [2.05, 4.69) is 158 Å². The van der Waals surface area contributed by atoms with Gasteiger partial charge in [-0.05, 0) is 54.9 Å². The molecule has 0 N–H and O–H groups in total. The van der Waals surface area contributed by atoms with Gasteiger partial charge in [0, 0.05) is 0 Å². The molecule has 0 radical (unpaired) electrons. The second kappa shape index (κ2) is 49.1. The Balaban J connectivity index is -0.000000114. The first-order valence-corrected chi connectivity index (χ1v) is 19.3. The Bertz CT molecular complexity index is 756. The molecule has 2 rings (SSSR count). The Hall–Kier alpha value is -1.82. The van der Waals surface area contributed by atoms with E-state index in [0.717, 1.165) is 11.8 Å². The van der Waals surface area contributed by atoms with Gasteiger partial charge in [0.25, 0.3) is 0 Å². The molecule has 0 unspecified atom stereocenters. The van der Waals surface area contributed by atoms with E-state index in [4.69, 9.17) is 0 Å². The summed E-state index contributed by atoms with van der Waals surface area (Å²) in [5.74, 6) is 1.80. The van der Waals surface area contributed by atoms with Crippen molar-refractivity contribution in [3.63, 3.8) is 0 Å². The summed E-state index contributed by atoms with van der Waals surface area (Å²) in [5.41, 5.74) is 6.53. The fraction of sp³-hybridized carbons (Fsp3) is 0.689. The summed E-state index contributed by atoms with van der Waals surface area (Å²) in [6.45, 7) is 40.9. The second-order valence-electron chi connectivity index (χ2n) is 12.0. The van der Waals surface area contributed by atoms with Crippen LogP contribution in [0.5, 0.6) is 0 Å². The number of allylic oxidation sites excluding steroid dienone is 1. The molecule has 268 valence electrons. The van der Waals surface area contributed by atoms with E-state index in [-0.39, 0.29) is 0 Å². The van der Waals surface area contributed by atoms with E-state index in [1.165, 1.54) is 92.0 Å². The van der Waals surface area contributed by atoms with E-state index in [0.29, 0.717) is 0 Å². The summed E-state index contributed by atoms with van der Waals surface area (Å²) >= 11 is 0. The fourth-order valence-electron chi connectivity index (χ4n) is 3.09. The number of benzene rings is 2. The summed E-state index contributed by atoms with van der Waals surface area (Å²) in [6, 6.07) is 17.1. The molecule has 0 amide bonds. The third kappa shape index (κ3) is 52.0. The Kier molecular flexibility index (Phi) is 60.6. The minimum atomic E-state index is 0.833. The van der Waals surface area contributed by atoms with E-state index >= 15 is 0 Å². The molecule has 0 bridgehead atoms. The number of unbranched alkanes of at least 4 members (excludes halogenated alkanes) is 3. The van der Waals surface area contributed by atoms with E-state index in [9.17, 15) is 0 Å². The number of aryl methyl sites for hydroxylation is 2. The average molecular weight is 629 g/mol. The first-order valence-electron chi connectivity index (χ1n) is 19.3. The number of rotatable bonds is 9. The maximum Gasteiger partial charge on any atom is -0.0225 e. The Morgan fingerprint density at radius 2 is 0.933 bits per heavy atom. The van der Waals surface area contributed by atoms with Gasteiger partial charge >= 0.3 is 0 Å². The monoisotopic (exact) mass is 629 g/mol. The van der Waals surface area contributed by atoms with Gasteiger partial charge in [-0.3, -0.25) is 0 Å². The molecule has 2 aromatic rings. The molecule has 0 atom stereocenters. The van der Waals surface area contributed by atoms with Crippen molar-refractivity contribution in [1.82, 2.24) is 0 Å². The lowest BCUT2D eigenvalue weighted by molar-refractivity contribution is 0.480. The maximum absolute atomic E-state index is 2.34. The Morgan fingerprint density at radius 1 is 0.556 bits per heavy atom. The van der Waals surface area contributed by atoms with E-state index < -0.39 is 0 Å². The van der Waals surface area contributed by atoms with Gasteiger partial charge in [-0.1, -0.05) is 235 Å². The van der Waals surface area contributed by atoms with Gasteiger partial charge in [-0.2, -0.15) is 0 Å². The van der Waals surface area contributed by atoms with Crippen LogP contribution in [0.4, 0.5) is 0 Å². The minimum absolute atomic E-state index is 0.833. The van der Waals surface area contributed by atoms with Crippen LogP contribution >= 0.6 is 0 Å². The zero-order valence-corrected chi connectivity index (χ0v) is 34.9. The Morgan fingerprint density at radius 3 is 1.24 bits per heavy atom. The topological polar surface area (TPSA) is 0 Å². The summed E-state index contributed by atoms with van der Waals surface area (Å²) in [4.78, 5) is 0. The third-order valence-corrected chi connectivity index (χ3v) is 6.10. The molecular weight excluding hydrogens is 540 g/mol. The van der Waals surface area contributed by atoms with Crippen molar-refractivity contribution in [2.75, 3.05) is 0 Å². The van der Waals surface area contributed by atoms with Crippen LogP contribution in [0.15, 0.2) is 48.5 Å². The number of hydrogen-bond donors (Lipinski definition) is 0. The van der Waals surface area contributed by atoms with Crippen LogP contribution in [0, 0.1) is 25.7 Å². The number of hydrogen-bond acceptors (Lipinski definition) is 0. The molecule has 0 aliphatic rings. The molecule has 0 heterocycles. The van der Waals surface area contributed by atoms with Crippen LogP contribution in [-0.2, 0) is 0 Å². The normalized spacial score (nSPS) is 9.31. The highest BCUT2D eigenvalue weighted by Gasteiger charge is 1.98. The van der Waals surface area contributed by atoms with Crippen molar-refractivity contribution in [3.05, 3.63) is 70.8 Å². The third-order valence-electron chi connectivity index (χ3n) is 6.10.